The van der Waals surface area contributed by atoms with E-state index in [0.717, 1.165) is 31.0 Å². The molecule has 0 radical (unpaired) electrons. The van der Waals surface area contributed by atoms with Gasteiger partial charge in [-0.3, -0.25) is 0 Å². The summed E-state index contributed by atoms with van der Waals surface area (Å²) in [5.74, 6) is 0. The molecule has 1 aliphatic heterocycles. The Morgan fingerprint density at radius 2 is 2.39 bits per heavy atom. The number of likely N-dealkylation sites (N-methyl/N-ethyl adjacent to an activating group) is 1. The highest BCUT2D eigenvalue weighted by atomic mass is 35.5. The van der Waals surface area contributed by atoms with E-state index in [0.29, 0.717) is 0 Å². The zero-order valence-electron chi connectivity index (χ0n) is 10.3. The van der Waals surface area contributed by atoms with Crippen LogP contribution in [0.4, 0.5) is 0 Å². The first-order chi connectivity index (χ1) is 8.81. The molecule has 2 heterocycles. The van der Waals surface area contributed by atoms with E-state index in [2.05, 4.69) is 11.4 Å². The van der Waals surface area contributed by atoms with Crippen LogP contribution in [0, 0.1) is 0 Å². The summed E-state index contributed by atoms with van der Waals surface area (Å²) in [4.78, 5) is 1.35. The van der Waals surface area contributed by atoms with E-state index >= 15 is 0 Å². The van der Waals surface area contributed by atoms with Gasteiger partial charge in [-0.25, -0.2) is 0 Å². The molecule has 0 spiro atoms. The van der Waals surface area contributed by atoms with Crippen LogP contribution in [0.2, 0.25) is 5.02 Å². The fourth-order valence-corrected chi connectivity index (χ4v) is 4.15. The summed E-state index contributed by atoms with van der Waals surface area (Å²) in [7, 11) is 1.97. The number of rotatable bonds is 2. The number of halogens is 1. The molecule has 18 heavy (non-hydrogen) atoms. The molecule has 1 N–H and O–H groups in total. The molecule has 0 aliphatic carbocycles. The number of hydrogen-bond acceptors (Lipinski definition) is 3. The van der Waals surface area contributed by atoms with Gasteiger partial charge in [0.15, 0.2) is 0 Å². The van der Waals surface area contributed by atoms with Crippen molar-refractivity contribution in [1.82, 2.24) is 5.32 Å². The maximum absolute atomic E-state index is 6.30. The van der Waals surface area contributed by atoms with Crippen LogP contribution in [0.5, 0.6) is 0 Å². The molecule has 1 aliphatic rings. The van der Waals surface area contributed by atoms with E-state index in [1.54, 1.807) is 11.3 Å². The molecule has 2 aromatic rings. The second-order valence-electron chi connectivity index (χ2n) is 4.58. The van der Waals surface area contributed by atoms with Gasteiger partial charge in [-0.1, -0.05) is 23.7 Å². The van der Waals surface area contributed by atoms with Crippen molar-refractivity contribution in [2.45, 2.75) is 18.9 Å². The molecule has 2 nitrogen and oxygen atoms in total. The SMILES string of the molecule is CNCC1OCCCc2c1sc1c(Cl)cccc21. The van der Waals surface area contributed by atoms with Crippen molar-refractivity contribution in [1.29, 1.82) is 0 Å². The average molecular weight is 282 g/mol. The van der Waals surface area contributed by atoms with Gasteiger partial charge in [0, 0.05) is 18.0 Å². The van der Waals surface area contributed by atoms with Crippen molar-refractivity contribution in [3.63, 3.8) is 0 Å². The Morgan fingerprint density at radius 1 is 1.50 bits per heavy atom. The number of nitrogens with one attached hydrogen (secondary N) is 1. The minimum Gasteiger partial charge on any atom is -0.371 e. The molecule has 3 rings (SSSR count). The summed E-state index contributed by atoms with van der Waals surface area (Å²) in [5, 5.41) is 5.38. The Morgan fingerprint density at radius 3 is 3.22 bits per heavy atom. The Balaban J connectivity index is 2.17. The van der Waals surface area contributed by atoms with Gasteiger partial charge in [0.05, 0.1) is 9.72 Å². The molecule has 0 saturated carbocycles. The number of aryl methyl sites for hydroxylation is 1. The van der Waals surface area contributed by atoms with Crippen LogP contribution < -0.4 is 5.32 Å². The summed E-state index contributed by atoms with van der Waals surface area (Å²) in [6, 6.07) is 6.18. The smallest absolute Gasteiger partial charge is 0.104 e. The van der Waals surface area contributed by atoms with E-state index in [-0.39, 0.29) is 6.10 Å². The van der Waals surface area contributed by atoms with E-state index in [1.807, 2.05) is 19.2 Å². The summed E-state index contributed by atoms with van der Waals surface area (Å²) in [5.41, 5.74) is 1.44. The molecule has 4 heteroatoms. The molecule has 0 fully saturated rings. The third-order valence-corrected chi connectivity index (χ3v) is 5.17. The second kappa shape index (κ2) is 5.17. The van der Waals surface area contributed by atoms with Crippen molar-refractivity contribution >= 4 is 33.0 Å². The number of thiophene rings is 1. The van der Waals surface area contributed by atoms with Crippen molar-refractivity contribution in [3.05, 3.63) is 33.7 Å². The molecule has 96 valence electrons. The Hall–Kier alpha value is -0.610. The standard InChI is InChI=1S/C14H16ClNOS/c1-16-8-12-14-10(5-3-7-17-12)9-4-2-6-11(15)13(9)18-14/h2,4,6,12,16H,3,5,7-8H2,1H3. The molecular weight excluding hydrogens is 266 g/mol. The summed E-state index contributed by atoms with van der Waals surface area (Å²) in [6.45, 7) is 1.70. The number of hydrogen-bond donors (Lipinski definition) is 1. The average Bonchev–Trinajstić information content (AvgIpc) is 2.63. The fraction of sp³-hybridized carbons (Fsp3) is 0.429. The fourth-order valence-electron chi connectivity index (χ4n) is 2.56. The first-order valence-electron chi connectivity index (χ1n) is 6.27. The van der Waals surface area contributed by atoms with Crippen molar-refractivity contribution < 1.29 is 4.74 Å². The predicted octanol–water partition coefficient (Wildman–Crippen LogP) is 3.78. The zero-order valence-corrected chi connectivity index (χ0v) is 11.9. The molecular formula is C14H16ClNOS. The highest BCUT2D eigenvalue weighted by molar-refractivity contribution is 7.20. The monoisotopic (exact) mass is 281 g/mol. The van der Waals surface area contributed by atoms with Crippen molar-refractivity contribution in [2.24, 2.45) is 0 Å². The molecule has 1 atom stereocenters. The maximum Gasteiger partial charge on any atom is 0.104 e. The maximum atomic E-state index is 6.30. The Kier molecular flexibility index (Phi) is 3.57. The van der Waals surface area contributed by atoms with Crippen LogP contribution in [0.25, 0.3) is 10.1 Å². The van der Waals surface area contributed by atoms with E-state index < -0.39 is 0 Å². The van der Waals surface area contributed by atoms with Crippen LogP contribution in [0.15, 0.2) is 18.2 Å². The van der Waals surface area contributed by atoms with Gasteiger partial charge in [-0.05, 0) is 36.9 Å². The third kappa shape index (κ3) is 2.05. The van der Waals surface area contributed by atoms with Crippen LogP contribution in [0.1, 0.15) is 23.0 Å². The summed E-state index contributed by atoms with van der Waals surface area (Å²) in [6.07, 6.45) is 2.35. The number of ether oxygens (including phenoxy) is 1. The van der Waals surface area contributed by atoms with Crippen molar-refractivity contribution in [3.8, 4) is 0 Å². The topological polar surface area (TPSA) is 21.3 Å². The second-order valence-corrected chi connectivity index (χ2v) is 6.04. The van der Waals surface area contributed by atoms with Gasteiger partial charge >= 0.3 is 0 Å². The van der Waals surface area contributed by atoms with Gasteiger partial charge in [-0.2, -0.15) is 0 Å². The molecule has 1 aromatic heterocycles. The minimum atomic E-state index is 0.168. The van der Waals surface area contributed by atoms with Crippen LogP contribution in [-0.4, -0.2) is 20.2 Å². The number of fused-ring (bicyclic) bond motifs is 3. The summed E-state index contributed by atoms with van der Waals surface area (Å²) < 4.78 is 7.15. The van der Waals surface area contributed by atoms with Gasteiger partial charge in [0.1, 0.15) is 6.10 Å². The van der Waals surface area contributed by atoms with Gasteiger partial charge in [-0.15, -0.1) is 11.3 Å². The zero-order chi connectivity index (χ0) is 12.5. The van der Waals surface area contributed by atoms with E-state index in [1.165, 1.54) is 20.5 Å². The van der Waals surface area contributed by atoms with E-state index in [4.69, 9.17) is 16.3 Å². The predicted molar refractivity (Wildman–Crippen MR) is 77.8 cm³/mol. The lowest BCUT2D eigenvalue weighted by Gasteiger charge is -2.14. The van der Waals surface area contributed by atoms with Gasteiger partial charge in [0.2, 0.25) is 0 Å². The quantitative estimate of drug-likeness (QED) is 0.905. The van der Waals surface area contributed by atoms with Gasteiger partial charge < -0.3 is 10.1 Å². The van der Waals surface area contributed by atoms with Crippen LogP contribution in [-0.2, 0) is 11.2 Å². The Bertz CT molecular complexity index is 566. The summed E-state index contributed by atoms with van der Waals surface area (Å²) >= 11 is 8.09. The third-order valence-electron chi connectivity index (χ3n) is 3.37. The lowest BCUT2D eigenvalue weighted by atomic mass is 10.0. The lowest BCUT2D eigenvalue weighted by molar-refractivity contribution is 0.0600. The number of benzene rings is 1. The highest BCUT2D eigenvalue weighted by Crippen LogP contribution is 2.41. The minimum absolute atomic E-state index is 0.168. The van der Waals surface area contributed by atoms with Crippen molar-refractivity contribution in [2.75, 3.05) is 20.2 Å². The molecule has 0 saturated heterocycles. The molecule has 0 amide bonds. The Labute approximate surface area is 116 Å². The molecule has 1 unspecified atom stereocenters. The largest absolute Gasteiger partial charge is 0.371 e. The van der Waals surface area contributed by atoms with Crippen LogP contribution >= 0.6 is 22.9 Å². The van der Waals surface area contributed by atoms with Gasteiger partial charge in [0.25, 0.3) is 0 Å². The highest BCUT2D eigenvalue weighted by Gasteiger charge is 2.23. The first-order valence-corrected chi connectivity index (χ1v) is 7.46. The first kappa shape index (κ1) is 12.4. The van der Waals surface area contributed by atoms with E-state index in [9.17, 15) is 0 Å². The lowest BCUT2D eigenvalue weighted by Crippen LogP contribution is -2.18. The van der Waals surface area contributed by atoms with Crippen LogP contribution in [0.3, 0.4) is 0 Å². The molecule has 0 bridgehead atoms. The molecule has 1 aromatic carbocycles. The normalized spacial score (nSPS) is 19.8.